The van der Waals surface area contributed by atoms with Gasteiger partial charge in [0.2, 0.25) is 0 Å². The van der Waals surface area contributed by atoms with Gasteiger partial charge in [0.15, 0.2) is 0 Å². The first-order valence-electron chi connectivity index (χ1n) is 5.45. The number of rotatable bonds is 3. The highest BCUT2D eigenvalue weighted by molar-refractivity contribution is 5.75. The lowest BCUT2D eigenvalue weighted by Crippen LogP contribution is -2.32. The van der Waals surface area contributed by atoms with Gasteiger partial charge < -0.3 is 10.7 Å². The Kier molecular flexibility index (Phi) is 2.68. The van der Waals surface area contributed by atoms with Crippen LogP contribution in [0.1, 0.15) is 26.1 Å². The minimum absolute atomic E-state index is 0.171. The van der Waals surface area contributed by atoms with Crippen molar-refractivity contribution >= 4 is 11.0 Å². The number of nitrogens with two attached hydrogens (primary N) is 1. The third-order valence-electron chi connectivity index (χ3n) is 3.25. The van der Waals surface area contributed by atoms with E-state index in [0.717, 1.165) is 23.3 Å². The number of imidazole rings is 1. The molecule has 4 heteroatoms. The van der Waals surface area contributed by atoms with Gasteiger partial charge in [-0.1, -0.05) is 13.8 Å². The van der Waals surface area contributed by atoms with Crippen LogP contribution in [0, 0.1) is 5.82 Å². The quantitative estimate of drug-likeness (QED) is 0.835. The van der Waals surface area contributed by atoms with Gasteiger partial charge in [0.25, 0.3) is 0 Å². The highest BCUT2D eigenvalue weighted by Crippen LogP contribution is 2.26. The second-order valence-corrected chi connectivity index (χ2v) is 4.37. The van der Waals surface area contributed by atoms with Gasteiger partial charge in [-0.15, -0.1) is 0 Å². The van der Waals surface area contributed by atoms with E-state index in [2.05, 4.69) is 23.8 Å². The molecule has 3 N–H and O–H groups in total. The van der Waals surface area contributed by atoms with Gasteiger partial charge >= 0.3 is 0 Å². The Bertz CT molecular complexity index is 500. The molecule has 0 aliphatic rings. The number of fused-ring (bicyclic) bond motifs is 1. The molecule has 86 valence electrons. The molecule has 1 atom stereocenters. The van der Waals surface area contributed by atoms with Crippen LogP contribution in [0.25, 0.3) is 11.0 Å². The molecule has 1 unspecified atom stereocenters. The van der Waals surface area contributed by atoms with Gasteiger partial charge in [0.1, 0.15) is 11.6 Å². The number of H-pyrrole nitrogens is 1. The lowest BCUT2D eigenvalue weighted by molar-refractivity contribution is 0.443. The fraction of sp³-hybridized carbons (Fsp3) is 0.417. The van der Waals surface area contributed by atoms with E-state index in [0.29, 0.717) is 6.54 Å². The third kappa shape index (κ3) is 1.69. The van der Waals surface area contributed by atoms with E-state index in [4.69, 9.17) is 5.73 Å². The Morgan fingerprint density at radius 3 is 2.88 bits per heavy atom. The molecule has 1 heterocycles. The summed E-state index contributed by atoms with van der Waals surface area (Å²) in [5, 5.41) is 0. The van der Waals surface area contributed by atoms with Crippen molar-refractivity contribution in [2.24, 2.45) is 5.73 Å². The number of nitrogens with zero attached hydrogens (tertiary/aromatic N) is 1. The van der Waals surface area contributed by atoms with Crippen molar-refractivity contribution in [3.8, 4) is 0 Å². The largest absolute Gasteiger partial charge is 0.341 e. The monoisotopic (exact) mass is 221 g/mol. The van der Waals surface area contributed by atoms with E-state index in [1.54, 1.807) is 6.07 Å². The molecule has 0 fully saturated rings. The molecule has 0 saturated carbocycles. The van der Waals surface area contributed by atoms with Crippen LogP contribution in [0.3, 0.4) is 0 Å². The third-order valence-corrected chi connectivity index (χ3v) is 3.25. The standard InChI is InChI=1S/C12H16FN3/c1-3-12(2,7-14)11-15-9-5-4-8(13)6-10(9)16-11/h4-6H,3,7,14H2,1-2H3,(H,15,16). The van der Waals surface area contributed by atoms with Crippen molar-refractivity contribution in [3.63, 3.8) is 0 Å². The van der Waals surface area contributed by atoms with Crippen molar-refractivity contribution in [3.05, 3.63) is 29.8 Å². The van der Waals surface area contributed by atoms with Crippen molar-refractivity contribution < 1.29 is 4.39 Å². The minimum Gasteiger partial charge on any atom is -0.341 e. The number of hydrogen-bond acceptors (Lipinski definition) is 2. The number of halogens is 1. The normalized spacial score (nSPS) is 15.2. The van der Waals surface area contributed by atoms with Crippen molar-refractivity contribution in [1.82, 2.24) is 9.97 Å². The molecule has 0 aliphatic heterocycles. The van der Waals surface area contributed by atoms with Crippen molar-refractivity contribution in [1.29, 1.82) is 0 Å². The fourth-order valence-electron chi connectivity index (χ4n) is 1.68. The highest BCUT2D eigenvalue weighted by Gasteiger charge is 2.26. The van der Waals surface area contributed by atoms with Crippen LogP contribution in [0.5, 0.6) is 0 Å². The highest BCUT2D eigenvalue weighted by atomic mass is 19.1. The second kappa shape index (κ2) is 3.87. The zero-order valence-corrected chi connectivity index (χ0v) is 9.55. The molecule has 2 rings (SSSR count). The lowest BCUT2D eigenvalue weighted by Gasteiger charge is -2.23. The number of benzene rings is 1. The van der Waals surface area contributed by atoms with Crippen LogP contribution in [-0.4, -0.2) is 16.5 Å². The zero-order chi connectivity index (χ0) is 11.8. The van der Waals surface area contributed by atoms with Gasteiger partial charge in [-0.3, -0.25) is 0 Å². The van der Waals surface area contributed by atoms with E-state index in [-0.39, 0.29) is 11.2 Å². The van der Waals surface area contributed by atoms with Gasteiger partial charge in [0.05, 0.1) is 11.0 Å². The van der Waals surface area contributed by atoms with Crippen LogP contribution >= 0.6 is 0 Å². The van der Waals surface area contributed by atoms with Gasteiger partial charge in [0, 0.05) is 12.0 Å². The Labute approximate surface area is 93.9 Å². The molecule has 0 radical (unpaired) electrons. The Morgan fingerprint density at radius 2 is 2.25 bits per heavy atom. The first-order valence-corrected chi connectivity index (χ1v) is 5.45. The molecular formula is C12H16FN3. The van der Waals surface area contributed by atoms with Gasteiger partial charge in [-0.2, -0.15) is 0 Å². The summed E-state index contributed by atoms with van der Waals surface area (Å²) in [7, 11) is 0. The Balaban J connectivity index is 2.54. The number of aromatic amines is 1. The summed E-state index contributed by atoms with van der Waals surface area (Å²) in [5.41, 5.74) is 7.10. The summed E-state index contributed by atoms with van der Waals surface area (Å²) in [6.07, 6.45) is 0.895. The van der Waals surface area contributed by atoms with E-state index in [9.17, 15) is 4.39 Å². The maximum Gasteiger partial charge on any atom is 0.125 e. The molecule has 0 spiro atoms. The summed E-state index contributed by atoms with van der Waals surface area (Å²) in [5.74, 6) is 0.576. The fourth-order valence-corrected chi connectivity index (χ4v) is 1.68. The predicted octanol–water partition coefficient (Wildman–Crippen LogP) is 2.33. The van der Waals surface area contributed by atoms with Gasteiger partial charge in [-0.05, 0) is 24.6 Å². The van der Waals surface area contributed by atoms with Crippen molar-refractivity contribution in [2.45, 2.75) is 25.7 Å². The molecule has 1 aromatic heterocycles. The predicted molar refractivity (Wildman–Crippen MR) is 62.7 cm³/mol. The average molecular weight is 221 g/mol. The number of hydrogen-bond donors (Lipinski definition) is 2. The SMILES string of the molecule is CCC(C)(CN)c1nc2ccc(F)cc2[nH]1. The first kappa shape index (κ1) is 11.1. The van der Waals surface area contributed by atoms with Crippen LogP contribution in [0.4, 0.5) is 4.39 Å². The molecule has 16 heavy (non-hydrogen) atoms. The number of aromatic nitrogens is 2. The summed E-state index contributed by atoms with van der Waals surface area (Å²) in [6.45, 7) is 4.65. The second-order valence-electron chi connectivity index (χ2n) is 4.37. The molecule has 0 bridgehead atoms. The molecule has 0 amide bonds. The van der Waals surface area contributed by atoms with E-state index in [1.807, 2.05) is 0 Å². The summed E-state index contributed by atoms with van der Waals surface area (Å²) in [6, 6.07) is 4.55. The summed E-state index contributed by atoms with van der Waals surface area (Å²) >= 11 is 0. The lowest BCUT2D eigenvalue weighted by atomic mass is 9.87. The Hall–Kier alpha value is -1.42. The zero-order valence-electron chi connectivity index (χ0n) is 9.55. The molecule has 2 aromatic rings. The molecule has 3 nitrogen and oxygen atoms in total. The van der Waals surface area contributed by atoms with Crippen LogP contribution in [0.15, 0.2) is 18.2 Å². The average Bonchev–Trinajstić information content (AvgIpc) is 2.71. The first-order chi connectivity index (χ1) is 7.59. The van der Waals surface area contributed by atoms with Crippen LogP contribution in [0.2, 0.25) is 0 Å². The van der Waals surface area contributed by atoms with Crippen molar-refractivity contribution in [2.75, 3.05) is 6.54 Å². The number of nitrogens with one attached hydrogen (secondary N) is 1. The smallest absolute Gasteiger partial charge is 0.125 e. The maximum atomic E-state index is 13.0. The summed E-state index contributed by atoms with van der Waals surface area (Å²) in [4.78, 5) is 7.61. The van der Waals surface area contributed by atoms with E-state index >= 15 is 0 Å². The minimum atomic E-state index is -0.256. The molecule has 1 aromatic carbocycles. The van der Waals surface area contributed by atoms with E-state index < -0.39 is 0 Å². The van der Waals surface area contributed by atoms with Crippen LogP contribution < -0.4 is 5.73 Å². The van der Waals surface area contributed by atoms with E-state index in [1.165, 1.54) is 12.1 Å². The Morgan fingerprint density at radius 1 is 1.50 bits per heavy atom. The molecular weight excluding hydrogens is 205 g/mol. The topological polar surface area (TPSA) is 54.7 Å². The van der Waals surface area contributed by atoms with Gasteiger partial charge in [-0.25, -0.2) is 9.37 Å². The molecule has 0 saturated heterocycles. The molecule has 0 aliphatic carbocycles. The maximum absolute atomic E-state index is 13.0. The summed E-state index contributed by atoms with van der Waals surface area (Å²) < 4.78 is 13.0. The van der Waals surface area contributed by atoms with Crippen LogP contribution in [-0.2, 0) is 5.41 Å².